The smallest absolute Gasteiger partial charge is 0.251 e. The predicted molar refractivity (Wildman–Crippen MR) is 108 cm³/mol. The molecule has 2 heterocycles. The average molecular weight is 371 g/mol. The summed E-state index contributed by atoms with van der Waals surface area (Å²) >= 11 is 0. The van der Waals surface area contributed by atoms with Gasteiger partial charge in [-0.05, 0) is 36.4 Å². The molecule has 5 nitrogen and oxygen atoms in total. The lowest BCUT2D eigenvalue weighted by atomic mass is 10.1. The Morgan fingerprint density at radius 1 is 1.00 bits per heavy atom. The highest BCUT2D eigenvalue weighted by molar-refractivity contribution is 5.94. The molecule has 0 fully saturated rings. The molecule has 1 N–H and O–H groups in total. The van der Waals surface area contributed by atoms with Crippen LogP contribution in [0, 0.1) is 6.92 Å². The molecule has 5 heteroatoms. The standard InChI is InChI=1S/C23H21N3O2/c1-17-25-22(18-7-3-2-4-8-18)21(28-17)13-14-24-23(27)19-9-11-20(12-10-19)26-15-5-6-16-26/h2-12,15-16H,13-14H2,1H3,(H,24,27). The van der Waals surface area contributed by atoms with Gasteiger partial charge in [-0.2, -0.15) is 0 Å². The maximum atomic E-state index is 12.4. The number of amides is 1. The lowest BCUT2D eigenvalue weighted by Gasteiger charge is -2.07. The van der Waals surface area contributed by atoms with Crippen molar-refractivity contribution in [3.05, 3.63) is 96.3 Å². The molecule has 0 aliphatic carbocycles. The van der Waals surface area contributed by atoms with Crippen LogP contribution in [-0.2, 0) is 6.42 Å². The van der Waals surface area contributed by atoms with Crippen molar-refractivity contribution in [3.8, 4) is 16.9 Å². The van der Waals surface area contributed by atoms with Crippen molar-refractivity contribution >= 4 is 5.91 Å². The molecule has 2 aromatic carbocycles. The molecule has 2 aromatic heterocycles. The minimum absolute atomic E-state index is 0.100. The Hall–Kier alpha value is -3.60. The van der Waals surface area contributed by atoms with Crippen LogP contribution in [0.5, 0.6) is 0 Å². The third-order valence-electron chi connectivity index (χ3n) is 4.52. The number of hydrogen-bond acceptors (Lipinski definition) is 3. The fourth-order valence-corrected chi connectivity index (χ4v) is 3.14. The van der Waals surface area contributed by atoms with Gasteiger partial charge in [-0.15, -0.1) is 0 Å². The van der Waals surface area contributed by atoms with E-state index >= 15 is 0 Å². The number of aromatic nitrogens is 2. The van der Waals surface area contributed by atoms with E-state index in [9.17, 15) is 4.79 Å². The molecule has 28 heavy (non-hydrogen) atoms. The molecular formula is C23H21N3O2. The fourth-order valence-electron chi connectivity index (χ4n) is 3.14. The summed E-state index contributed by atoms with van der Waals surface area (Å²) in [4.78, 5) is 16.9. The summed E-state index contributed by atoms with van der Waals surface area (Å²) in [7, 11) is 0. The number of hydrogen-bond donors (Lipinski definition) is 1. The highest BCUT2D eigenvalue weighted by atomic mass is 16.4. The molecule has 4 rings (SSSR count). The van der Waals surface area contributed by atoms with Crippen LogP contribution in [0.4, 0.5) is 0 Å². The van der Waals surface area contributed by atoms with Gasteiger partial charge >= 0.3 is 0 Å². The lowest BCUT2D eigenvalue weighted by Crippen LogP contribution is -2.25. The van der Waals surface area contributed by atoms with Crippen molar-refractivity contribution < 1.29 is 9.21 Å². The van der Waals surface area contributed by atoms with Crippen molar-refractivity contribution in [1.29, 1.82) is 0 Å². The number of nitrogens with zero attached hydrogens (tertiary/aromatic N) is 2. The average Bonchev–Trinajstić information content (AvgIpc) is 3.39. The Bertz CT molecular complexity index is 1050. The minimum Gasteiger partial charge on any atom is -0.445 e. The number of rotatable bonds is 6. The van der Waals surface area contributed by atoms with Gasteiger partial charge in [0.1, 0.15) is 11.5 Å². The molecule has 140 valence electrons. The summed E-state index contributed by atoms with van der Waals surface area (Å²) < 4.78 is 7.75. The van der Waals surface area contributed by atoms with Crippen molar-refractivity contribution in [2.24, 2.45) is 0 Å². The number of carbonyl (C=O) groups is 1. The van der Waals surface area contributed by atoms with E-state index in [0.717, 1.165) is 22.7 Å². The van der Waals surface area contributed by atoms with Gasteiger partial charge in [0.25, 0.3) is 5.91 Å². The van der Waals surface area contributed by atoms with E-state index in [0.29, 0.717) is 24.4 Å². The molecule has 0 aliphatic heterocycles. The molecule has 0 saturated carbocycles. The van der Waals surface area contributed by atoms with E-state index in [4.69, 9.17) is 4.42 Å². The predicted octanol–water partition coefficient (Wildman–Crippen LogP) is 4.41. The third kappa shape index (κ3) is 3.88. The summed E-state index contributed by atoms with van der Waals surface area (Å²) in [5, 5.41) is 2.96. The quantitative estimate of drug-likeness (QED) is 0.546. The summed E-state index contributed by atoms with van der Waals surface area (Å²) in [6.45, 7) is 2.31. The Kier molecular flexibility index (Phi) is 5.06. The highest BCUT2D eigenvalue weighted by Gasteiger charge is 2.13. The minimum atomic E-state index is -0.100. The zero-order chi connectivity index (χ0) is 19.3. The van der Waals surface area contributed by atoms with Gasteiger partial charge < -0.3 is 14.3 Å². The second-order valence-corrected chi connectivity index (χ2v) is 6.51. The Morgan fingerprint density at radius 2 is 1.71 bits per heavy atom. The van der Waals surface area contributed by atoms with E-state index in [1.807, 2.05) is 90.6 Å². The number of benzene rings is 2. The van der Waals surface area contributed by atoms with Gasteiger partial charge in [-0.1, -0.05) is 30.3 Å². The van der Waals surface area contributed by atoms with Crippen LogP contribution in [0.15, 0.2) is 83.5 Å². The summed E-state index contributed by atoms with van der Waals surface area (Å²) in [6, 6.07) is 21.4. The Balaban J connectivity index is 1.39. The van der Waals surface area contributed by atoms with Crippen LogP contribution in [0.25, 0.3) is 16.9 Å². The normalized spacial score (nSPS) is 10.8. The number of oxazole rings is 1. The van der Waals surface area contributed by atoms with E-state index < -0.39 is 0 Å². The molecule has 1 amide bonds. The second-order valence-electron chi connectivity index (χ2n) is 6.51. The van der Waals surface area contributed by atoms with Crippen LogP contribution in [0.1, 0.15) is 22.0 Å². The van der Waals surface area contributed by atoms with Crippen LogP contribution in [0.3, 0.4) is 0 Å². The van der Waals surface area contributed by atoms with Crippen LogP contribution in [-0.4, -0.2) is 22.0 Å². The van der Waals surface area contributed by atoms with Crippen molar-refractivity contribution in [2.45, 2.75) is 13.3 Å². The zero-order valence-electron chi connectivity index (χ0n) is 15.6. The molecule has 0 aliphatic rings. The van der Waals surface area contributed by atoms with Crippen molar-refractivity contribution in [3.63, 3.8) is 0 Å². The third-order valence-corrected chi connectivity index (χ3v) is 4.52. The van der Waals surface area contributed by atoms with Crippen LogP contribution in [0.2, 0.25) is 0 Å². The van der Waals surface area contributed by atoms with Gasteiger partial charge in [-0.3, -0.25) is 4.79 Å². The van der Waals surface area contributed by atoms with Crippen LogP contribution >= 0.6 is 0 Å². The molecule has 0 unspecified atom stereocenters. The molecule has 0 atom stereocenters. The monoisotopic (exact) mass is 371 g/mol. The van der Waals surface area contributed by atoms with Gasteiger partial charge in [-0.25, -0.2) is 4.98 Å². The first-order valence-corrected chi connectivity index (χ1v) is 9.24. The molecular weight excluding hydrogens is 350 g/mol. The number of aryl methyl sites for hydroxylation is 1. The van der Waals surface area contributed by atoms with Crippen molar-refractivity contribution in [2.75, 3.05) is 6.54 Å². The molecule has 0 spiro atoms. The Morgan fingerprint density at radius 3 is 2.43 bits per heavy atom. The van der Waals surface area contributed by atoms with E-state index in [-0.39, 0.29) is 5.91 Å². The topological polar surface area (TPSA) is 60.1 Å². The van der Waals surface area contributed by atoms with Crippen molar-refractivity contribution in [1.82, 2.24) is 14.9 Å². The summed E-state index contributed by atoms with van der Waals surface area (Å²) in [5.41, 5.74) is 3.50. The first-order chi connectivity index (χ1) is 13.7. The first-order valence-electron chi connectivity index (χ1n) is 9.24. The molecule has 0 saturated heterocycles. The number of carbonyl (C=O) groups excluding carboxylic acids is 1. The van der Waals surface area contributed by atoms with E-state index in [1.54, 1.807) is 0 Å². The van der Waals surface area contributed by atoms with Gasteiger partial charge in [0.2, 0.25) is 0 Å². The van der Waals surface area contributed by atoms with Gasteiger partial charge in [0.15, 0.2) is 5.89 Å². The molecule has 4 aromatic rings. The Labute approximate surface area is 163 Å². The highest BCUT2D eigenvalue weighted by Crippen LogP contribution is 2.23. The van der Waals surface area contributed by atoms with E-state index in [2.05, 4.69) is 10.3 Å². The number of nitrogens with one attached hydrogen (secondary N) is 1. The maximum Gasteiger partial charge on any atom is 0.251 e. The maximum absolute atomic E-state index is 12.4. The first kappa shape index (κ1) is 17.8. The zero-order valence-corrected chi connectivity index (χ0v) is 15.6. The lowest BCUT2D eigenvalue weighted by molar-refractivity contribution is 0.0953. The largest absolute Gasteiger partial charge is 0.445 e. The van der Waals surface area contributed by atoms with E-state index in [1.165, 1.54) is 0 Å². The fraction of sp³-hybridized carbons (Fsp3) is 0.130. The summed E-state index contributed by atoms with van der Waals surface area (Å²) in [6.07, 6.45) is 4.52. The van der Waals surface area contributed by atoms with Gasteiger partial charge in [0.05, 0.1) is 0 Å². The molecule has 0 bridgehead atoms. The molecule has 0 radical (unpaired) electrons. The SMILES string of the molecule is Cc1nc(-c2ccccc2)c(CCNC(=O)c2ccc(-n3cccc3)cc2)o1. The van der Waals surface area contributed by atoms with Crippen LogP contribution < -0.4 is 5.32 Å². The summed E-state index contributed by atoms with van der Waals surface area (Å²) in [5.74, 6) is 1.31. The van der Waals surface area contributed by atoms with Gasteiger partial charge in [0, 0.05) is 49.1 Å². The second kappa shape index (κ2) is 7.96.